The van der Waals surface area contributed by atoms with E-state index < -0.39 is 0 Å². The summed E-state index contributed by atoms with van der Waals surface area (Å²) in [4.78, 5) is 12.4. The number of amides is 1. The molecule has 27 heavy (non-hydrogen) atoms. The third-order valence-corrected chi connectivity index (χ3v) is 4.67. The zero-order valence-electron chi connectivity index (χ0n) is 16.2. The molecule has 142 valence electrons. The van der Waals surface area contributed by atoms with Gasteiger partial charge in [-0.05, 0) is 45.4 Å². The summed E-state index contributed by atoms with van der Waals surface area (Å²) in [5, 5.41) is 15.0. The van der Waals surface area contributed by atoms with Crippen molar-refractivity contribution in [2.45, 2.75) is 40.3 Å². The first-order valence-electron chi connectivity index (χ1n) is 9.17. The molecular weight excluding hydrogens is 340 g/mol. The summed E-state index contributed by atoms with van der Waals surface area (Å²) < 4.78 is 3.72. The molecule has 3 aromatic rings. The Morgan fingerprint density at radius 2 is 2.00 bits per heavy atom. The molecule has 1 amide bonds. The maximum atomic E-state index is 12.4. The van der Waals surface area contributed by atoms with E-state index in [4.69, 9.17) is 0 Å². The quantitative estimate of drug-likeness (QED) is 0.674. The molecule has 1 aromatic carbocycles. The van der Waals surface area contributed by atoms with Gasteiger partial charge in [-0.25, -0.2) is 4.68 Å². The van der Waals surface area contributed by atoms with Crippen molar-refractivity contribution in [2.24, 2.45) is 0 Å². The summed E-state index contributed by atoms with van der Waals surface area (Å²) >= 11 is 0. The Balaban J connectivity index is 1.66. The average molecular weight is 366 g/mol. The predicted octanol–water partition coefficient (Wildman–Crippen LogP) is 2.99. The van der Waals surface area contributed by atoms with Gasteiger partial charge in [0.1, 0.15) is 0 Å². The molecule has 0 saturated carbocycles. The largest absolute Gasteiger partial charge is 0.322 e. The summed E-state index contributed by atoms with van der Waals surface area (Å²) in [7, 11) is 0. The highest BCUT2D eigenvalue weighted by molar-refractivity contribution is 5.93. The molecule has 0 aliphatic carbocycles. The number of nitrogens with zero attached hydrogens (tertiary/aromatic N) is 4. The van der Waals surface area contributed by atoms with Crippen LogP contribution in [-0.2, 0) is 11.3 Å². The van der Waals surface area contributed by atoms with Gasteiger partial charge >= 0.3 is 0 Å². The van der Waals surface area contributed by atoms with Gasteiger partial charge in [0, 0.05) is 25.0 Å². The number of para-hydroxylation sites is 1. The molecule has 1 unspecified atom stereocenters. The lowest BCUT2D eigenvalue weighted by molar-refractivity contribution is -0.115. The second-order valence-corrected chi connectivity index (χ2v) is 6.52. The van der Waals surface area contributed by atoms with E-state index in [1.807, 2.05) is 73.6 Å². The number of aryl methyl sites for hydroxylation is 2. The molecule has 2 N–H and O–H groups in total. The molecule has 2 heterocycles. The lowest BCUT2D eigenvalue weighted by Gasteiger charge is -2.18. The van der Waals surface area contributed by atoms with Crippen LogP contribution in [-0.4, -0.2) is 32.0 Å². The molecule has 0 bridgehead atoms. The van der Waals surface area contributed by atoms with Crippen molar-refractivity contribution >= 4 is 11.6 Å². The Bertz CT molecular complexity index is 913. The Hall–Kier alpha value is -2.93. The van der Waals surface area contributed by atoms with E-state index in [0.29, 0.717) is 0 Å². The maximum Gasteiger partial charge on any atom is 0.238 e. The molecule has 0 fully saturated rings. The number of rotatable bonds is 7. The monoisotopic (exact) mass is 366 g/mol. The number of carbonyl (C=O) groups excluding carboxylic acids is 1. The highest BCUT2D eigenvalue weighted by Crippen LogP contribution is 2.21. The summed E-state index contributed by atoms with van der Waals surface area (Å²) in [6, 6.07) is 9.93. The van der Waals surface area contributed by atoms with Gasteiger partial charge in [-0.2, -0.15) is 10.2 Å². The SMILES string of the molecule is CCn1nc(C)c(NC(=O)CNC(C)c2ccccc2-n2cccn2)c1C. The van der Waals surface area contributed by atoms with Crippen molar-refractivity contribution in [3.63, 3.8) is 0 Å². The van der Waals surface area contributed by atoms with Gasteiger partial charge < -0.3 is 10.6 Å². The van der Waals surface area contributed by atoms with Gasteiger partial charge in [0.15, 0.2) is 0 Å². The standard InChI is InChI=1S/C20H26N6O/c1-5-25-16(4)20(15(3)24-25)23-19(27)13-21-14(2)17-9-6-7-10-18(17)26-12-8-11-22-26/h6-12,14,21H,5,13H2,1-4H3,(H,23,27). The van der Waals surface area contributed by atoms with Crippen LogP contribution in [0.2, 0.25) is 0 Å². The van der Waals surface area contributed by atoms with Crippen molar-refractivity contribution in [3.8, 4) is 5.69 Å². The van der Waals surface area contributed by atoms with Gasteiger partial charge in [0.2, 0.25) is 5.91 Å². The number of hydrogen-bond acceptors (Lipinski definition) is 4. The molecule has 1 atom stereocenters. The number of anilines is 1. The van der Waals surface area contributed by atoms with Crippen molar-refractivity contribution in [2.75, 3.05) is 11.9 Å². The smallest absolute Gasteiger partial charge is 0.238 e. The molecule has 0 radical (unpaired) electrons. The fourth-order valence-corrected chi connectivity index (χ4v) is 3.20. The fraction of sp³-hybridized carbons (Fsp3) is 0.350. The van der Waals surface area contributed by atoms with E-state index in [1.54, 1.807) is 6.20 Å². The minimum absolute atomic E-state index is 0.00305. The molecule has 3 rings (SSSR count). The van der Waals surface area contributed by atoms with Crippen molar-refractivity contribution in [3.05, 3.63) is 59.7 Å². The number of benzene rings is 1. The Morgan fingerprint density at radius 1 is 1.22 bits per heavy atom. The first-order chi connectivity index (χ1) is 13.0. The molecule has 0 aliphatic rings. The van der Waals surface area contributed by atoms with Crippen LogP contribution < -0.4 is 10.6 Å². The fourth-order valence-electron chi connectivity index (χ4n) is 3.20. The molecule has 2 aromatic heterocycles. The lowest BCUT2D eigenvalue weighted by atomic mass is 10.1. The Morgan fingerprint density at radius 3 is 2.67 bits per heavy atom. The molecule has 0 spiro atoms. The molecule has 7 nitrogen and oxygen atoms in total. The predicted molar refractivity (Wildman–Crippen MR) is 106 cm³/mol. The van der Waals surface area contributed by atoms with Crippen LogP contribution in [0.1, 0.15) is 36.8 Å². The van der Waals surface area contributed by atoms with E-state index in [9.17, 15) is 4.79 Å². The first kappa shape index (κ1) is 18.8. The molecule has 7 heteroatoms. The van der Waals surface area contributed by atoms with Gasteiger partial charge in [0.25, 0.3) is 0 Å². The van der Waals surface area contributed by atoms with Crippen molar-refractivity contribution < 1.29 is 4.79 Å². The van der Waals surface area contributed by atoms with Crippen LogP contribution >= 0.6 is 0 Å². The van der Waals surface area contributed by atoms with Crippen LogP contribution in [0.25, 0.3) is 5.69 Å². The van der Waals surface area contributed by atoms with Gasteiger partial charge in [-0.1, -0.05) is 18.2 Å². The molecular formula is C20H26N6O. The van der Waals surface area contributed by atoms with Crippen LogP contribution in [0, 0.1) is 13.8 Å². The maximum absolute atomic E-state index is 12.4. The van der Waals surface area contributed by atoms with Crippen LogP contribution in [0.3, 0.4) is 0 Å². The van der Waals surface area contributed by atoms with Crippen LogP contribution in [0.15, 0.2) is 42.7 Å². The van der Waals surface area contributed by atoms with E-state index in [1.165, 1.54) is 0 Å². The van der Waals surface area contributed by atoms with E-state index >= 15 is 0 Å². The van der Waals surface area contributed by atoms with Crippen molar-refractivity contribution in [1.29, 1.82) is 0 Å². The van der Waals surface area contributed by atoms with E-state index in [-0.39, 0.29) is 18.5 Å². The minimum Gasteiger partial charge on any atom is -0.322 e. The number of hydrogen-bond donors (Lipinski definition) is 2. The van der Waals surface area contributed by atoms with Gasteiger partial charge in [-0.3, -0.25) is 9.48 Å². The molecule has 0 saturated heterocycles. The van der Waals surface area contributed by atoms with Crippen LogP contribution in [0.5, 0.6) is 0 Å². The normalized spacial score (nSPS) is 12.1. The zero-order valence-corrected chi connectivity index (χ0v) is 16.2. The minimum atomic E-state index is -0.0831. The summed E-state index contributed by atoms with van der Waals surface area (Å²) in [5.41, 5.74) is 4.69. The average Bonchev–Trinajstić information content (AvgIpc) is 3.30. The number of nitrogens with one attached hydrogen (secondary N) is 2. The first-order valence-corrected chi connectivity index (χ1v) is 9.17. The van der Waals surface area contributed by atoms with Crippen LogP contribution in [0.4, 0.5) is 5.69 Å². The number of aromatic nitrogens is 4. The van der Waals surface area contributed by atoms with Gasteiger partial charge in [-0.15, -0.1) is 0 Å². The highest BCUT2D eigenvalue weighted by Gasteiger charge is 2.16. The summed E-state index contributed by atoms with van der Waals surface area (Å²) in [6.45, 7) is 8.94. The lowest BCUT2D eigenvalue weighted by Crippen LogP contribution is -2.30. The summed E-state index contributed by atoms with van der Waals surface area (Å²) in [6.07, 6.45) is 3.67. The highest BCUT2D eigenvalue weighted by atomic mass is 16.1. The number of carbonyl (C=O) groups is 1. The Labute approximate surface area is 159 Å². The second-order valence-electron chi connectivity index (χ2n) is 6.52. The van der Waals surface area contributed by atoms with Crippen molar-refractivity contribution in [1.82, 2.24) is 24.9 Å². The Kier molecular flexibility index (Phi) is 5.71. The van der Waals surface area contributed by atoms with E-state index in [2.05, 4.69) is 20.8 Å². The second kappa shape index (κ2) is 8.18. The zero-order chi connectivity index (χ0) is 19.4. The van der Waals surface area contributed by atoms with E-state index in [0.717, 1.165) is 34.9 Å². The third-order valence-electron chi connectivity index (χ3n) is 4.67. The third kappa shape index (κ3) is 4.09. The topological polar surface area (TPSA) is 76.8 Å². The summed E-state index contributed by atoms with van der Waals surface area (Å²) in [5.74, 6) is -0.0831. The molecule has 0 aliphatic heterocycles. The van der Waals surface area contributed by atoms with Gasteiger partial charge in [0.05, 0.1) is 29.3 Å².